The van der Waals surface area contributed by atoms with Crippen molar-refractivity contribution in [2.24, 2.45) is 0 Å². The molecule has 3 rings (SSSR count). The van der Waals surface area contributed by atoms with Gasteiger partial charge in [-0.3, -0.25) is 4.79 Å². The topological polar surface area (TPSA) is 51.7 Å². The van der Waals surface area contributed by atoms with Crippen molar-refractivity contribution < 1.29 is 14.3 Å². The van der Waals surface area contributed by atoms with Crippen molar-refractivity contribution in [3.05, 3.63) is 36.0 Å². The van der Waals surface area contributed by atoms with Gasteiger partial charge in [0.1, 0.15) is 11.4 Å². The number of aromatic nitrogens is 1. The Kier molecular flexibility index (Phi) is 3.98. The number of morpholine rings is 1. The number of hydrogen-bond acceptors (Lipinski definition) is 4. The monoisotopic (exact) mass is 314 g/mol. The molecule has 5 nitrogen and oxygen atoms in total. The molecule has 0 spiro atoms. The molecule has 0 radical (unpaired) electrons. The predicted octanol–water partition coefficient (Wildman–Crippen LogP) is 2.88. The molecule has 1 aliphatic rings. The van der Waals surface area contributed by atoms with Gasteiger partial charge in [0.15, 0.2) is 0 Å². The van der Waals surface area contributed by atoms with Crippen molar-refractivity contribution in [3.8, 4) is 5.75 Å². The van der Waals surface area contributed by atoms with E-state index in [0.717, 1.165) is 16.7 Å². The summed E-state index contributed by atoms with van der Waals surface area (Å²) in [4.78, 5) is 19.1. The van der Waals surface area contributed by atoms with Gasteiger partial charge < -0.3 is 14.4 Å². The standard InChI is InChI=1S/C18H22N2O3/c1-12-10-20(11-18(2,3)23-12)17(21)16-7-5-13-9-14(22-4)6-8-15(13)19-16/h5-9,12H,10-11H2,1-4H3. The number of ether oxygens (including phenoxy) is 2. The van der Waals surface area contributed by atoms with Crippen molar-refractivity contribution >= 4 is 16.8 Å². The maximum atomic E-state index is 12.8. The molecule has 1 aromatic heterocycles. The Morgan fingerprint density at radius 2 is 2.13 bits per heavy atom. The highest BCUT2D eigenvalue weighted by Crippen LogP contribution is 2.23. The molecule has 122 valence electrons. The molecule has 5 heteroatoms. The summed E-state index contributed by atoms with van der Waals surface area (Å²) in [7, 11) is 1.63. The van der Waals surface area contributed by atoms with Gasteiger partial charge >= 0.3 is 0 Å². The summed E-state index contributed by atoms with van der Waals surface area (Å²) in [5.74, 6) is 0.730. The number of pyridine rings is 1. The van der Waals surface area contributed by atoms with E-state index in [-0.39, 0.29) is 17.6 Å². The molecule has 1 saturated heterocycles. The maximum absolute atomic E-state index is 12.8. The third-order valence-corrected chi connectivity index (χ3v) is 3.97. The third kappa shape index (κ3) is 3.29. The molecule has 2 heterocycles. The van der Waals surface area contributed by atoms with Gasteiger partial charge in [-0.2, -0.15) is 0 Å². The van der Waals surface area contributed by atoms with Crippen LogP contribution in [0.25, 0.3) is 10.9 Å². The third-order valence-electron chi connectivity index (χ3n) is 3.97. The summed E-state index contributed by atoms with van der Waals surface area (Å²) in [6, 6.07) is 9.32. The van der Waals surface area contributed by atoms with E-state index in [2.05, 4.69) is 4.98 Å². The Morgan fingerprint density at radius 3 is 2.83 bits per heavy atom. The van der Waals surface area contributed by atoms with Gasteiger partial charge in [-0.25, -0.2) is 4.98 Å². The fourth-order valence-corrected chi connectivity index (χ4v) is 3.12. The molecule has 0 N–H and O–H groups in total. The molecule has 1 aromatic carbocycles. The molecule has 1 atom stereocenters. The van der Waals surface area contributed by atoms with E-state index in [1.807, 2.05) is 49.9 Å². The van der Waals surface area contributed by atoms with Crippen LogP contribution < -0.4 is 4.74 Å². The summed E-state index contributed by atoms with van der Waals surface area (Å²) in [5, 5.41) is 0.955. The average Bonchev–Trinajstić information content (AvgIpc) is 2.51. The van der Waals surface area contributed by atoms with E-state index in [0.29, 0.717) is 18.8 Å². The average molecular weight is 314 g/mol. The second kappa shape index (κ2) is 5.81. The molecule has 23 heavy (non-hydrogen) atoms. The SMILES string of the molecule is COc1ccc2nc(C(=O)N3CC(C)OC(C)(C)C3)ccc2c1. The maximum Gasteiger partial charge on any atom is 0.272 e. The molecule has 1 unspecified atom stereocenters. The first-order valence-corrected chi connectivity index (χ1v) is 7.80. The van der Waals surface area contributed by atoms with Crippen LogP contribution in [0.15, 0.2) is 30.3 Å². The van der Waals surface area contributed by atoms with Crippen LogP contribution in [0.1, 0.15) is 31.3 Å². The summed E-state index contributed by atoms with van der Waals surface area (Å²) in [6.07, 6.45) is 0.0208. The van der Waals surface area contributed by atoms with Gasteiger partial charge in [0.25, 0.3) is 5.91 Å². The largest absolute Gasteiger partial charge is 0.497 e. The second-order valence-electron chi connectivity index (χ2n) is 6.63. The molecule has 1 amide bonds. The van der Waals surface area contributed by atoms with Crippen LogP contribution in [0, 0.1) is 0 Å². The van der Waals surface area contributed by atoms with Crippen LogP contribution in [0.5, 0.6) is 5.75 Å². The molecule has 2 aromatic rings. The fourth-order valence-electron chi connectivity index (χ4n) is 3.12. The molecule has 0 saturated carbocycles. The number of hydrogen-bond donors (Lipinski definition) is 0. The predicted molar refractivity (Wildman–Crippen MR) is 88.8 cm³/mol. The second-order valence-corrected chi connectivity index (χ2v) is 6.63. The van der Waals surface area contributed by atoms with Gasteiger partial charge in [-0.15, -0.1) is 0 Å². The van der Waals surface area contributed by atoms with Crippen LogP contribution in [-0.4, -0.2) is 47.7 Å². The highest BCUT2D eigenvalue weighted by atomic mass is 16.5. The van der Waals surface area contributed by atoms with E-state index >= 15 is 0 Å². The van der Waals surface area contributed by atoms with Gasteiger partial charge in [0, 0.05) is 18.5 Å². The van der Waals surface area contributed by atoms with Crippen LogP contribution in [0.3, 0.4) is 0 Å². The Hall–Kier alpha value is -2.14. The summed E-state index contributed by atoms with van der Waals surface area (Å²) < 4.78 is 11.1. The zero-order valence-corrected chi connectivity index (χ0v) is 14.0. The lowest BCUT2D eigenvalue weighted by Crippen LogP contribution is -2.53. The number of rotatable bonds is 2. The van der Waals surface area contributed by atoms with Crippen molar-refractivity contribution in [2.75, 3.05) is 20.2 Å². The lowest BCUT2D eigenvalue weighted by molar-refractivity contribution is -0.118. The molecular weight excluding hydrogens is 292 g/mol. The zero-order valence-electron chi connectivity index (χ0n) is 14.0. The fraction of sp³-hybridized carbons (Fsp3) is 0.444. The molecule has 0 bridgehead atoms. The highest BCUT2D eigenvalue weighted by Gasteiger charge is 2.34. The Labute approximate surface area is 136 Å². The van der Waals surface area contributed by atoms with E-state index in [1.165, 1.54) is 0 Å². The number of fused-ring (bicyclic) bond motifs is 1. The molecular formula is C18H22N2O3. The number of nitrogens with zero attached hydrogens (tertiary/aromatic N) is 2. The van der Waals surface area contributed by atoms with Crippen molar-refractivity contribution in [1.82, 2.24) is 9.88 Å². The van der Waals surface area contributed by atoms with E-state index in [9.17, 15) is 4.79 Å². The number of amides is 1. The quantitative estimate of drug-likeness (QED) is 0.855. The minimum absolute atomic E-state index is 0.0208. The highest BCUT2D eigenvalue weighted by molar-refractivity contribution is 5.95. The van der Waals surface area contributed by atoms with Crippen molar-refractivity contribution in [1.29, 1.82) is 0 Å². The zero-order chi connectivity index (χ0) is 16.6. The normalized spacial score (nSPS) is 20.5. The van der Waals surface area contributed by atoms with Crippen molar-refractivity contribution in [3.63, 3.8) is 0 Å². The van der Waals surface area contributed by atoms with Gasteiger partial charge in [-0.05, 0) is 45.0 Å². The Bertz CT molecular complexity index is 742. The van der Waals surface area contributed by atoms with Gasteiger partial charge in [-0.1, -0.05) is 6.07 Å². The van der Waals surface area contributed by atoms with E-state index in [1.54, 1.807) is 13.2 Å². The van der Waals surface area contributed by atoms with Crippen molar-refractivity contribution in [2.45, 2.75) is 32.5 Å². The Morgan fingerprint density at radius 1 is 1.35 bits per heavy atom. The lowest BCUT2D eigenvalue weighted by Gasteiger charge is -2.41. The van der Waals surface area contributed by atoms with Crippen LogP contribution in [-0.2, 0) is 4.74 Å². The number of benzene rings is 1. The van der Waals surface area contributed by atoms with E-state index in [4.69, 9.17) is 9.47 Å². The molecule has 1 fully saturated rings. The Balaban J connectivity index is 1.88. The molecule has 0 aliphatic carbocycles. The lowest BCUT2D eigenvalue weighted by atomic mass is 10.0. The first-order valence-electron chi connectivity index (χ1n) is 7.80. The summed E-state index contributed by atoms with van der Waals surface area (Å²) >= 11 is 0. The van der Waals surface area contributed by atoms with Gasteiger partial charge in [0.2, 0.25) is 0 Å². The number of carbonyl (C=O) groups is 1. The minimum atomic E-state index is -0.336. The first-order chi connectivity index (χ1) is 10.9. The van der Waals surface area contributed by atoms with Crippen LogP contribution in [0.4, 0.5) is 0 Å². The number of methoxy groups -OCH3 is 1. The summed E-state index contributed by atoms with van der Waals surface area (Å²) in [5.41, 5.74) is 0.919. The number of carbonyl (C=O) groups excluding carboxylic acids is 1. The van der Waals surface area contributed by atoms with Crippen LogP contribution >= 0.6 is 0 Å². The first kappa shape index (κ1) is 15.7. The smallest absolute Gasteiger partial charge is 0.272 e. The minimum Gasteiger partial charge on any atom is -0.497 e. The molecule has 1 aliphatic heterocycles. The van der Waals surface area contributed by atoms with E-state index < -0.39 is 0 Å². The van der Waals surface area contributed by atoms with Crippen LogP contribution in [0.2, 0.25) is 0 Å². The summed E-state index contributed by atoms with van der Waals surface area (Å²) in [6.45, 7) is 7.15. The van der Waals surface area contributed by atoms with Gasteiger partial charge in [0.05, 0.1) is 24.3 Å².